The average Bonchev–Trinajstić information content (AvgIpc) is 2.93. The average molecular weight is 335 g/mol. The van der Waals surface area contributed by atoms with Crippen LogP contribution in [0.2, 0.25) is 0 Å². The van der Waals surface area contributed by atoms with Gasteiger partial charge in [0, 0.05) is 6.61 Å². The summed E-state index contributed by atoms with van der Waals surface area (Å²) in [5.74, 6) is 5.46. The van der Waals surface area contributed by atoms with Crippen molar-refractivity contribution in [1.82, 2.24) is 0 Å². The first-order valence-corrected chi connectivity index (χ1v) is 11.1. The predicted octanol–water partition coefficient (Wildman–Crippen LogP) is 6.30. The maximum Gasteiger partial charge on any atom is 0.0464 e. The zero-order chi connectivity index (χ0) is 17.5. The number of hydrogen-bond acceptors (Lipinski definition) is 1. The lowest BCUT2D eigenvalue weighted by Gasteiger charge is -2.61. The molecule has 8 atom stereocenters. The molecule has 8 unspecified atom stereocenters. The fourth-order valence-corrected chi connectivity index (χ4v) is 7.88. The van der Waals surface area contributed by atoms with Crippen molar-refractivity contribution in [2.24, 2.45) is 46.3 Å². The van der Waals surface area contributed by atoms with E-state index in [0.717, 1.165) is 29.6 Å². The second-order valence-corrected chi connectivity index (χ2v) is 10.0. The summed E-state index contributed by atoms with van der Waals surface area (Å²) in [7, 11) is 0. The molecule has 0 amide bonds. The zero-order valence-corrected chi connectivity index (χ0v) is 17.0. The normalized spacial score (nSPS) is 53.2. The highest BCUT2D eigenvalue weighted by Gasteiger charge is 2.59. The van der Waals surface area contributed by atoms with Crippen molar-refractivity contribution < 1.29 is 5.11 Å². The van der Waals surface area contributed by atoms with E-state index >= 15 is 0 Å². The summed E-state index contributed by atoms with van der Waals surface area (Å²) in [6, 6.07) is 0. The Morgan fingerprint density at radius 1 is 0.833 bits per heavy atom. The molecule has 0 aromatic carbocycles. The Kier molecular flexibility index (Phi) is 5.41. The minimum atomic E-state index is 0.432. The van der Waals surface area contributed by atoms with Crippen molar-refractivity contribution in [2.45, 2.75) is 92.4 Å². The summed E-state index contributed by atoms with van der Waals surface area (Å²) in [6.07, 6.45) is 13.0. The van der Waals surface area contributed by atoms with Gasteiger partial charge in [-0.05, 0) is 97.7 Å². The second kappa shape index (κ2) is 6.93. The van der Waals surface area contributed by atoms with Gasteiger partial charge in [-0.25, -0.2) is 0 Å². The van der Waals surface area contributed by atoms with Crippen LogP contribution < -0.4 is 0 Å². The SMILES string of the molecule is CC.CC1CCC2(C)C(CCC3C4CCC(CO)C4(C)CCC32)C1. The molecule has 0 bridgehead atoms. The molecule has 140 valence electrons. The van der Waals surface area contributed by atoms with Crippen LogP contribution in [0.3, 0.4) is 0 Å². The number of aliphatic hydroxyl groups is 1. The molecule has 4 saturated carbocycles. The Balaban J connectivity index is 0.000000815. The van der Waals surface area contributed by atoms with Gasteiger partial charge >= 0.3 is 0 Å². The molecule has 4 aliphatic carbocycles. The molecule has 0 aromatic heterocycles. The van der Waals surface area contributed by atoms with Gasteiger partial charge in [-0.15, -0.1) is 0 Å². The van der Waals surface area contributed by atoms with Crippen molar-refractivity contribution in [1.29, 1.82) is 0 Å². The molecule has 0 spiro atoms. The van der Waals surface area contributed by atoms with Crippen LogP contribution in [-0.2, 0) is 0 Å². The van der Waals surface area contributed by atoms with Gasteiger partial charge in [0.25, 0.3) is 0 Å². The van der Waals surface area contributed by atoms with Gasteiger partial charge in [0.2, 0.25) is 0 Å². The van der Waals surface area contributed by atoms with E-state index in [0.29, 0.717) is 23.4 Å². The molecule has 4 rings (SSSR count). The van der Waals surface area contributed by atoms with Gasteiger partial charge in [-0.1, -0.05) is 41.0 Å². The maximum absolute atomic E-state index is 9.83. The molecule has 0 aliphatic heterocycles. The van der Waals surface area contributed by atoms with E-state index in [-0.39, 0.29) is 0 Å². The number of rotatable bonds is 1. The van der Waals surface area contributed by atoms with Crippen molar-refractivity contribution in [3.05, 3.63) is 0 Å². The summed E-state index contributed by atoms with van der Waals surface area (Å²) in [6.45, 7) is 12.1. The van der Waals surface area contributed by atoms with Gasteiger partial charge in [0.1, 0.15) is 0 Å². The van der Waals surface area contributed by atoms with Crippen molar-refractivity contribution in [2.75, 3.05) is 6.61 Å². The molecular formula is C23H42O. The van der Waals surface area contributed by atoms with E-state index in [9.17, 15) is 5.11 Å². The van der Waals surface area contributed by atoms with Crippen LogP contribution in [0.4, 0.5) is 0 Å². The van der Waals surface area contributed by atoms with Gasteiger partial charge in [-0.2, -0.15) is 0 Å². The fourth-order valence-electron chi connectivity index (χ4n) is 7.88. The van der Waals surface area contributed by atoms with Crippen molar-refractivity contribution >= 4 is 0 Å². The topological polar surface area (TPSA) is 20.2 Å². The third kappa shape index (κ3) is 2.68. The smallest absolute Gasteiger partial charge is 0.0464 e. The summed E-state index contributed by atoms with van der Waals surface area (Å²) in [5.41, 5.74) is 1.11. The van der Waals surface area contributed by atoms with Crippen LogP contribution in [0.15, 0.2) is 0 Å². The summed E-state index contributed by atoms with van der Waals surface area (Å²) >= 11 is 0. The summed E-state index contributed by atoms with van der Waals surface area (Å²) in [4.78, 5) is 0. The molecule has 0 aromatic rings. The fraction of sp³-hybridized carbons (Fsp3) is 1.00. The van der Waals surface area contributed by atoms with E-state index in [1.54, 1.807) is 0 Å². The molecule has 0 saturated heterocycles. The van der Waals surface area contributed by atoms with Gasteiger partial charge < -0.3 is 5.11 Å². The Labute approximate surface area is 151 Å². The molecule has 1 nitrogen and oxygen atoms in total. The Morgan fingerprint density at radius 3 is 2.21 bits per heavy atom. The lowest BCUT2D eigenvalue weighted by molar-refractivity contribution is -0.119. The molecule has 1 heteroatoms. The Hall–Kier alpha value is -0.0400. The van der Waals surface area contributed by atoms with Gasteiger partial charge in [0.05, 0.1) is 0 Å². The first kappa shape index (κ1) is 18.7. The van der Waals surface area contributed by atoms with Crippen LogP contribution in [-0.4, -0.2) is 11.7 Å². The number of aliphatic hydroxyl groups excluding tert-OH is 1. The maximum atomic E-state index is 9.83. The minimum absolute atomic E-state index is 0.432. The van der Waals surface area contributed by atoms with E-state index in [1.807, 2.05) is 13.8 Å². The second-order valence-electron chi connectivity index (χ2n) is 10.0. The molecule has 4 fully saturated rings. The Bertz CT molecular complexity index is 432. The standard InChI is InChI=1S/C21H36O.C2H6/c1-14-8-10-20(2)15(12-14)4-6-17-18-7-5-16(13-22)21(18,3)11-9-19(17)20;1-2/h14-19,22H,4-13H2,1-3H3;1-2H3. The quantitative estimate of drug-likeness (QED) is 0.596. The largest absolute Gasteiger partial charge is 0.396 e. The summed E-state index contributed by atoms with van der Waals surface area (Å²) in [5, 5.41) is 9.83. The highest BCUT2D eigenvalue weighted by atomic mass is 16.3. The molecule has 0 radical (unpaired) electrons. The highest BCUT2D eigenvalue weighted by molar-refractivity contribution is 5.08. The monoisotopic (exact) mass is 334 g/mol. The lowest BCUT2D eigenvalue weighted by atomic mass is 9.44. The van der Waals surface area contributed by atoms with Crippen molar-refractivity contribution in [3.63, 3.8) is 0 Å². The third-order valence-electron chi connectivity index (χ3n) is 9.34. The first-order valence-electron chi connectivity index (χ1n) is 11.1. The predicted molar refractivity (Wildman–Crippen MR) is 103 cm³/mol. The molecule has 0 heterocycles. The first-order chi connectivity index (χ1) is 11.5. The van der Waals surface area contributed by atoms with Crippen LogP contribution in [0.25, 0.3) is 0 Å². The van der Waals surface area contributed by atoms with Crippen LogP contribution in [0.5, 0.6) is 0 Å². The van der Waals surface area contributed by atoms with E-state index < -0.39 is 0 Å². The van der Waals surface area contributed by atoms with Crippen LogP contribution >= 0.6 is 0 Å². The van der Waals surface area contributed by atoms with E-state index in [1.165, 1.54) is 57.8 Å². The number of hydrogen-bond donors (Lipinski definition) is 1. The van der Waals surface area contributed by atoms with Crippen LogP contribution in [0.1, 0.15) is 92.4 Å². The molecule has 1 N–H and O–H groups in total. The number of fused-ring (bicyclic) bond motifs is 5. The molecule has 4 aliphatic rings. The van der Waals surface area contributed by atoms with E-state index in [4.69, 9.17) is 0 Å². The third-order valence-corrected chi connectivity index (χ3v) is 9.34. The highest BCUT2D eigenvalue weighted by Crippen LogP contribution is 2.67. The molecule has 24 heavy (non-hydrogen) atoms. The van der Waals surface area contributed by atoms with Crippen LogP contribution in [0, 0.1) is 46.3 Å². The lowest BCUT2D eigenvalue weighted by Crippen LogP contribution is -2.53. The van der Waals surface area contributed by atoms with Crippen molar-refractivity contribution in [3.8, 4) is 0 Å². The van der Waals surface area contributed by atoms with Gasteiger partial charge in [0.15, 0.2) is 0 Å². The minimum Gasteiger partial charge on any atom is -0.396 e. The van der Waals surface area contributed by atoms with E-state index in [2.05, 4.69) is 20.8 Å². The Morgan fingerprint density at radius 2 is 1.50 bits per heavy atom. The molecular weight excluding hydrogens is 292 g/mol. The zero-order valence-electron chi connectivity index (χ0n) is 17.0. The van der Waals surface area contributed by atoms with Gasteiger partial charge in [-0.3, -0.25) is 0 Å². The summed E-state index contributed by atoms with van der Waals surface area (Å²) < 4.78 is 0.